The molecule has 1 rings (SSSR count). The van der Waals surface area contributed by atoms with Gasteiger partial charge in [-0.15, -0.1) is 0 Å². The minimum atomic E-state index is 0.869. The van der Waals surface area contributed by atoms with E-state index >= 15 is 0 Å². The van der Waals surface area contributed by atoms with Gasteiger partial charge in [0.1, 0.15) is 0 Å². The van der Waals surface area contributed by atoms with E-state index in [9.17, 15) is 0 Å². The van der Waals surface area contributed by atoms with Crippen molar-refractivity contribution in [2.24, 2.45) is 5.73 Å². The first kappa shape index (κ1) is 10.0. The molecular formula is C8H14N2S2. The summed E-state index contributed by atoms with van der Waals surface area (Å²) >= 11 is 6.70. The average Bonchev–Trinajstić information content (AvgIpc) is 2.06. The van der Waals surface area contributed by atoms with E-state index in [-0.39, 0.29) is 0 Å². The molecule has 1 aliphatic heterocycles. The molecule has 1 saturated heterocycles. The number of hydrogen-bond donors (Lipinski definition) is 1. The molecule has 0 aromatic rings. The molecule has 0 unspecified atom stereocenters. The lowest BCUT2D eigenvalue weighted by Crippen LogP contribution is -2.35. The number of nitrogens with two attached hydrogens (primary N) is 1. The number of hydrogen-bond acceptors (Lipinski definition) is 4. The fourth-order valence-corrected chi connectivity index (χ4v) is 2.31. The molecule has 2 N–H and O–H groups in total. The molecule has 0 aromatic carbocycles. The van der Waals surface area contributed by atoms with Crippen molar-refractivity contribution >= 4 is 29.3 Å². The minimum absolute atomic E-state index is 0.869. The van der Waals surface area contributed by atoms with Gasteiger partial charge in [0.15, 0.2) is 0 Å². The highest BCUT2D eigenvalue weighted by atomic mass is 32.2. The maximum Gasteiger partial charge on any atom is 0.0380 e. The quantitative estimate of drug-likeness (QED) is 0.543. The molecule has 0 radical (unpaired) electrons. The van der Waals surface area contributed by atoms with Crippen LogP contribution in [0.5, 0.6) is 0 Å². The Bertz CT molecular complexity index is 174. The molecule has 0 aromatic heterocycles. The Morgan fingerprint density at radius 2 is 2.17 bits per heavy atom. The fourth-order valence-electron chi connectivity index (χ4n) is 1.16. The van der Waals surface area contributed by atoms with Crippen LogP contribution >= 0.6 is 24.0 Å². The average molecular weight is 202 g/mol. The summed E-state index contributed by atoms with van der Waals surface area (Å²) in [6, 6.07) is 0. The van der Waals surface area contributed by atoms with E-state index in [0.717, 1.165) is 25.3 Å². The van der Waals surface area contributed by atoms with Crippen LogP contribution < -0.4 is 5.73 Å². The number of nitrogens with zero attached hydrogens (tertiary/aromatic N) is 1. The van der Waals surface area contributed by atoms with Gasteiger partial charge in [0.25, 0.3) is 0 Å². The zero-order chi connectivity index (χ0) is 8.81. The molecule has 0 bridgehead atoms. The van der Waals surface area contributed by atoms with Crippen molar-refractivity contribution in [1.29, 1.82) is 0 Å². The van der Waals surface area contributed by atoms with E-state index in [1.54, 1.807) is 11.4 Å². The van der Waals surface area contributed by atoms with Crippen molar-refractivity contribution in [1.82, 2.24) is 4.90 Å². The third kappa shape index (κ3) is 3.56. The van der Waals surface area contributed by atoms with Gasteiger partial charge in [-0.05, 0) is 6.08 Å². The summed E-state index contributed by atoms with van der Waals surface area (Å²) in [5.41, 5.74) is 6.60. The second-order valence-corrected chi connectivity index (χ2v) is 4.26. The second-order valence-electron chi connectivity index (χ2n) is 2.77. The molecule has 68 valence electrons. The van der Waals surface area contributed by atoms with Gasteiger partial charge >= 0.3 is 0 Å². The molecule has 1 fully saturated rings. The van der Waals surface area contributed by atoms with Gasteiger partial charge < -0.3 is 5.73 Å². The molecule has 1 heterocycles. The fraction of sp³-hybridized carbons (Fsp3) is 0.625. The monoisotopic (exact) mass is 202 g/mol. The van der Waals surface area contributed by atoms with Gasteiger partial charge in [-0.3, -0.25) is 4.90 Å². The van der Waals surface area contributed by atoms with E-state index in [4.69, 9.17) is 18.0 Å². The third-order valence-electron chi connectivity index (χ3n) is 1.79. The van der Waals surface area contributed by atoms with E-state index < -0.39 is 0 Å². The Labute approximate surface area is 83.2 Å². The summed E-state index contributed by atoms with van der Waals surface area (Å²) in [5.74, 6) is 2.45. The summed E-state index contributed by atoms with van der Waals surface area (Å²) < 4.78 is 0. The Kier molecular flexibility index (Phi) is 4.65. The van der Waals surface area contributed by atoms with Crippen LogP contribution in [-0.2, 0) is 0 Å². The van der Waals surface area contributed by atoms with Crippen molar-refractivity contribution < 1.29 is 0 Å². The lowest BCUT2D eigenvalue weighted by atomic mass is 10.3. The van der Waals surface area contributed by atoms with Gasteiger partial charge in [-0.1, -0.05) is 12.2 Å². The number of rotatable bonds is 3. The molecule has 0 spiro atoms. The van der Waals surface area contributed by atoms with Crippen LogP contribution in [0.25, 0.3) is 0 Å². The summed E-state index contributed by atoms with van der Waals surface area (Å²) in [4.78, 5) is 2.36. The standard InChI is InChI=1S/C8H14N2S2/c9-8(1-4-11)7-10-2-5-12-6-3-10/h1,4H,2-3,5-7,9H2/b8-1-. The molecule has 12 heavy (non-hydrogen) atoms. The topological polar surface area (TPSA) is 29.3 Å². The Morgan fingerprint density at radius 1 is 1.50 bits per heavy atom. The molecule has 0 aliphatic carbocycles. The zero-order valence-corrected chi connectivity index (χ0v) is 8.66. The molecule has 1 aliphatic rings. The molecule has 0 amide bonds. The highest BCUT2D eigenvalue weighted by Crippen LogP contribution is 2.09. The largest absolute Gasteiger partial charge is 0.401 e. The van der Waals surface area contributed by atoms with Crippen LogP contribution in [0.3, 0.4) is 0 Å². The molecule has 0 saturated carbocycles. The predicted molar refractivity (Wildman–Crippen MR) is 59.7 cm³/mol. The first-order chi connectivity index (χ1) is 5.83. The Morgan fingerprint density at radius 3 is 2.75 bits per heavy atom. The summed E-state index contributed by atoms with van der Waals surface area (Å²) in [7, 11) is 0. The highest BCUT2D eigenvalue weighted by Gasteiger charge is 2.09. The SMILES string of the molecule is N/C(=C\C=S)CN1CCSCC1. The number of allylic oxidation sites excluding steroid dienone is 1. The predicted octanol–water partition coefficient (Wildman–Crippen LogP) is 0.878. The van der Waals surface area contributed by atoms with Gasteiger partial charge in [0.05, 0.1) is 0 Å². The van der Waals surface area contributed by atoms with Gasteiger partial charge in [0.2, 0.25) is 0 Å². The molecule has 4 heteroatoms. The van der Waals surface area contributed by atoms with Crippen LogP contribution in [0.2, 0.25) is 0 Å². The van der Waals surface area contributed by atoms with Gasteiger partial charge in [-0.2, -0.15) is 11.8 Å². The Hall–Kier alpha value is -0.0600. The summed E-state index contributed by atoms with van der Waals surface area (Å²) in [6.45, 7) is 3.17. The summed E-state index contributed by atoms with van der Waals surface area (Å²) in [5, 5.41) is 1.58. The van der Waals surface area contributed by atoms with Gasteiger partial charge in [-0.25, -0.2) is 0 Å². The lowest BCUT2D eigenvalue weighted by molar-refractivity contribution is 0.327. The van der Waals surface area contributed by atoms with Crippen LogP contribution in [0.15, 0.2) is 11.8 Å². The van der Waals surface area contributed by atoms with E-state index in [0.29, 0.717) is 0 Å². The smallest absolute Gasteiger partial charge is 0.0380 e. The molecule has 0 atom stereocenters. The van der Waals surface area contributed by atoms with Crippen molar-refractivity contribution in [2.45, 2.75) is 0 Å². The van der Waals surface area contributed by atoms with Crippen molar-refractivity contribution in [2.75, 3.05) is 31.1 Å². The van der Waals surface area contributed by atoms with Crippen LogP contribution in [-0.4, -0.2) is 41.4 Å². The maximum atomic E-state index is 5.73. The molecular weight excluding hydrogens is 188 g/mol. The first-order valence-electron chi connectivity index (χ1n) is 4.03. The normalized spacial score (nSPS) is 20.8. The van der Waals surface area contributed by atoms with E-state index in [1.807, 2.05) is 11.8 Å². The molecule has 2 nitrogen and oxygen atoms in total. The lowest BCUT2D eigenvalue weighted by Gasteiger charge is -2.25. The highest BCUT2D eigenvalue weighted by molar-refractivity contribution is 7.99. The van der Waals surface area contributed by atoms with Crippen LogP contribution in [0.1, 0.15) is 0 Å². The third-order valence-corrected chi connectivity index (χ3v) is 2.87. The number of thiocarbonyl (C=S) groups is 1. The summed E-state index contributed by atoms with van der Waals surface area (Å²) in [6.07, 6.45) is 1.80. The van der Waals surface area contributed by atoms with Gasteiger partial charge in [0, 0.05) is 42.2 Å². The van der Waals surface area contributed by atoms with Crippen molar-refractivity contribution in [3.05, 3.63) is 11.8 Å². The van der Waals surface area contributed by atoms with Crippen molar-refractivity contribution in [3.8, 4) is 0 Å². The van der Waals surface area contributed by atoms with Crippen molar-refractivity contribution in [3.63, 3.8) is 0 Å². The maximum absolute atomic E-state index is 5.73. The minimum Gasteiger partial charge on any atom is -0.401 e. The van der Waals surface area contributed by atoms with E-state index in [2.05, 4.69) is 4.90 Å². The second kappa shape index (κ2) is 5.56. The van der Waals surface area contributed by atoms with E-state index in [1.165, 1.54) is 11.5 Å². The first-order valence-corrected chi connectivity index (χ1v) is 5.65. The Balaban J connectivity index is 2.28. The zero-order valence-electron chi connectivity index (χ0n) is 7.03. The van der Waals surface area contributed by atoms with Crippen LogP contribution in [0.4, 0.5) is 0 Å². The van der Waals surface area contributed by atoms with Crippen LogP contribution in [0, 0.1) is 0 Å². The number of thioether (sulfide) groups is 1.